The van der Waals surface area contributed by atoms with Crippen LogP contribution in [0.3, 0.4) is 0 Å². The number of nitrogens with one attached hydrogen (secondary N) is 1. The van der Waals surface area contributed by atoms with Gasteiger partial charge in [0.05, 0.1) is 11.6 Å². The molecule has 0 aliphatic heterocycles. The Bertz CT molecular complexity index is 685. The van der Waals surface area contributed by atoms with E-state index in [2.05, 4.69) is 5.32 Å². The average Bonchev–Trinajstić information content (AvgIpc) is 2.51. The van der Waals surface area contributed by atoms with Crippen LogP contribution in [0, 0.1) is 5.41 Å². The Morgan fingerprint density at radius 1 is 0.875 bits per heavy atom. The third-order valence-corrected chi connectivity index (χ3v) is 3.66. The molecule has 2 aromatic rings. The second-order valence-corrected chi connectivity index (χ2v) is 6.69. The van der Waals surface area contributed by atoms with E-state index in [4.69, 9.17) is 0 Å². The fraction of sp³-hybridized carbons (Fsp3) is 0.316. The highest BCUT2D eigenvalue weighted by Gasteiger charge is 2.31. The molecular formula is C19H20F3NO. The van der Waals surface area contributed by atoms with Crippen molar-refractivity contribution in [3.05, 3.63) is 71.3 Å². The van der Waals surface area contributed by atoms with E-state index in [1.165, 1.54) is 12.1 Å². The molecular weight excluding hydrogens is 315 g/mol. The molecule has 1 N–H and O–H groups in total. The van der Waals surface area contributed by atoms with E-state index in [0.29, 0.717) is 5.56 Å². The van der Waals surface area contributed by atoms with Crippen molar-refractivity contribution in [1.29, 1.82) is 0 Å². The van der Waals surface area contributed by atoms with E-state index in [-0.39, 0.29) is 5.91 Å². The smallest absolute Gasteiger partial charge is 0.345 e. The Morgan fingerprint density at radius 2 is 1.38 bits per heavy atom. The van der Waals surface area contributed by atoms with Gasteiger partial charge in [0, 0.05) is 5.41 Å². The van der Waals surface area contributed by atoms with Gasteiger partial charge in [0.25, 0.3) is 0 Å². The van der Waals surface area contributed by atoms with Gasteiger partial charge in [-0.2, -0.15) is 13.2 Å². The molecule has 0 fully saturated rings. The maximum Gasteiger partial charge on any atom is 0.416 e. The molecule has 5 heteroatoms. The number of hydrogen-bond acceptors (Lipinski definition) is 1. The third-order valence-electron chi connectivity index (χ3n) is 3.66. The second kappa shape index (κ2) is 6.67. The van der Waals surface area contributed by atoms with Crippen LogP contribution in [0.5, 0.6) is 0 Å². The Balaban J connectivity index is 2.38. The van der Waals surface area contributed by atoms with Crippen molar-refractivity contribution >= 4 is 5.91 Å². The van der Waals surface area contributed by atoms with Gasteiger partial charge in [-0.15, -0.1) is 0 Å². The lowest BCUT2D eigenvalue weighted by Crippen LogP contribution is -2.37. The summed E-state index contributed by atoms with van der Waals surface area (Å²) < 4.78 is 38.2. The fourth-order valence-electron chi connectivity index (χ4n) is 2.22. The number of hydrogen-bond donors (Lipinski definition) is 1. The van der Waals surface area contributed by atoms with Gasteiger partial charge in [0.15, 0.2) is 0 Å². The monoisotopic (exact) mass is 335 g/mol. The van der Waals surface area contributed by atoms with Gasteiger partial charge in [-0.05, 0) is 23.3 Å². The van der Waals surface area contributed by atoms with Crippen LogP contribution in [0.1, 0.15) is 43.5 Å². The zero-order valence-electron chi connectivity index (χ0n) is 13.8. The van der Waals surface area contributed by atoms with Crippen LogP contribution in [-0.4, -0.2) is 5.91 Å². The zero-order chi connectivity index (χ0) is 18.0. The summed E-state index contributed by atoms with van der Waals surface area (Å²) in [5.41, 5.74) is 0.112. The fourth-order valence-corrected chi connectivity index (χ4v) is 2.22. The molecule has 0 aliphatic rings. The number of halogens is 3. The predicted molar refractivity (Wildman–Crippen MR) is 87.3 cm³/mol. The van der Waals surface area contributed by atoms with Crippen molar-refractivity contribution in [2.24, 2.45) is 5.41 Å². The summed E-state index contributed by atoms with van der Waals surface area (Å²) in [7, 11) is 0. The van der Waals surface area contributed by atoms with Crippen LogP contribution in [0.25, 0.3) is 0 Å². The number of carbonyl (C=O) groups is 1. The minimum absolute atomic E-state index is 0.170. The molecule has 0 radical (unpaired) electrons. The first-order valence-electron chi connectivity index (χ1n) is 7.62. The first kappa shape index (κ1) is 18.0. The van der Waals surface area contributed by atoms with Gasteiger partial charge < -0.3 is 5.32 Å². The summed E-state index contributed by atoms with van der Waals surface area (Å²) in [4.78, 5) is 12.4. The van der Waals surface area contributed by atoms with E-state index in [0.717, 1.165) is 17.7 Å². The molecule has 128 valence electrons. The first-order valence-corrected chi connectivity index (χ1v) is 7.62. The second-order valence-electron chi connectivity index (χ2n) is 6.69. The first-order chi connectivity index (χ1) is 11.1. The van der Waals surface area contributed by atoms with Gasteiger partial charge in [-0.1, -0.05) is 63.2 Å². The standard InChI is InChI=1S/C19H20F3NO/c1-18(2,3)17(24)23-16(13-7-5-4-6-8-13)14-9-11-15(12-10-14)19(20,21)22/h4-12,16H,1-3H3,(H,23,24)/t16-/m0/s1. The molecule has 0 aliphatic carbocycles. The predicted octanol–water partition coefficient (Wildman–Crippen LogP) is 4.96. The van der Waals surface area contributed by atoms with Crippen molar-refractivity contribution in [3.8, 4) is 0 Å². The molecule has 0 bridgehead atoms. The largest absolute Gasteiger partial charge is 0.416 e. The molecule has 0 unspecified atom stereocenters. The molecule has 2 rings (SSSR count). The number of amides is 1. The normalized spacial score (nSPS) is 13.4. The lowest BCUT2D eigenvalue weighted by atomic mass is 9.92. The molecule has 0 heterocycles. The number of benzene rings is 2. The van der Waals surface area contributed by atoms with E-state index in [1.807, 2.05) is 30.3 Å². The topological polar surface area (TPSA) is 29.1 Å². The van der Waals surface area contributed by atoms with Gasteiger partial charge in [0.2, 0.25) is 5.91 Å². The number of rotatable bonds is 3. The van der Waals surface area contributed by atoms with Crippen molar-refractivity contribution in [2.75, 3.05) is 0 Å². The maximum atomic E-state index is 12.7. The summed E-state index contributed by atoms with van der Waals surface area (Å²) in [5.74, 6) is -0.170. The Hall–Kier alpha value is -2.30. The SMILES string of the molecule is CC(C)(C)C(=O)N[C@@H](c1ccccc1)c1ccc(C(F)(F)F)cc1. The lowest BCUT2D eigenvalue weighted by molar-refractivity contribution is -0.137. The Morgan fingerprint density at radius 3 is 1.83 bits per heavy atom. The van der Waals surface area contributed by atoms with E-state index >= 15 is 0 Å². The van der Waals surface area contributed by atoms with Gasteiger partial charge in [-0.25, -0.2) is 0 Å². The van der Waals surface area contributed by atoms with Gasteiger partial charge in [-0.3, -0.25) is 4.79 Å². The van der Waals surface area contributed by atoms with Crippen molar-refractivity contribution in [2.45, 2.75) is 33.0 Å². The quantitative estimate of drug-likeness (QED) is 0.844. The summed E-state index contributed by atoms with van der Waals surface area (Å²) in [6.07, 6.45) is -4.38. The lowest BCUT2D eigenvalue weighted by Gasteiger charge is -2.25. The highest BCUT2D eigenvalue weighted by molar-refractivity contribution is 5.82. The van der Waals surface area contributed by atoms with Crippen molar-refractivity contribution < 1.29 is 18.0 Å². The molecule has 0 saturated heterocycles. The summed E-state index contributed by atoms with van der Waals surface area (Å²) >= 11 is 0. The van der Waals surface area contributed by atoms with Crippen LogP contribution in [0.4, 0.5) is 13.2 Å². The Kier molecular flexibility index (Phi) is 5.02. The van der Waals surface area contributed by atoms with Crippen LogP contribution < -0.4 is 5.32 Å². The Labute approximate surface area is 139 Å². The molecule has 0 spiro atoms. The zero-order valence-corrected chi connectivity index (χ0v) is 13.8. The highest BCUT2D eigenvalue weighted by Crippen LogP contribution is 2.31. The summed E-state index contributed by atoms with van der Waals surface area (Å²) in [6, 6.07) is 13.6. The van der Waals surface area contributed by atoms with Crippen LogP contribution in [0.2, 0.25) is 0 Å². The molecule has 1 amide bonds. The molecule has 0 aromatic heterocycles. The molecule has 2 aromatic carbocycles. The molecule has 2 nitrogen and oxygen atoms in total. The maximum absolute atomic E-state index is 12.7. The number of carbonyl (C=O) groups excluding carboxylic acids is 1. The van der Waals surface area contributed by atoms with Crippen molar-refractivity contribution in [1.82, 2.24) is 5.32 Å². The van der Waals surface area contributed by atoms with Crippen LogP contribution >= 0.6 is 0 Å². The summed E-state index contributed by atoms with van der Waals surface area (Å²) in [5, 5.41) is 2.93. The van der Waals surface area contributed by atoms with E-state index < -0.39 is 23.2 Å². The highest BCUT2D eigenvalue weighted by atomic mass is 19.4. The van der Waals surface area contributed by atoms with Crippen molar-refractivity contribution in [3.63, 3.8) is 0 Å². The number of alkyl halides is 3. The third kappa shape index (κ3) is 4.37. The van der Waals surface area contributed by atoms with Gasteiger partial charge >= 0.3 is 6.18 Å². The molecule has 1 atom stereocenters. The molecule has 0 saturated carbocycles. The van der Waals surface area contributed by atoms with E-state index in [1.54, 1.807) is 20.8 Å². The minimum Gasteiger partial charge on any atom is -0.345 e. The van der Waals surface area contributed by atoms with Crippen LogP contribution in [0.15, 0.2) is 54.6 Å². The van der Waals surface area contributed by atoms with Gasteiger partial charge in [0.1, 0.15) is 0 Å². The molecule has 24 heavy (non-hydrogen) atoms. The summed E-state index contributed by atoms with van der Waals surface area (Å²) in [6.45, 7) is 5.37. The average molecular weight is 335 g/mol. The van der Waals surface area contributed by atoms with Crippen LogP contribution in [-0.2, 0) is 11.0 Å². The van der Waals surface area contributed by atoms with E-state index in [9.17, 15) is 18.0 Å². The minimum atomic E-state index is -4.38.